The standard InChI is InChI=1S/C12H23NO4/c1-16-9-3-2-6-13-7-4-11(5-8-13)17-10-12(14)15/h11H,2-10H2,1H3,(H,14,15). The van der Waals surface area contributed by atoms with Crippen LogP contribution in [0.5, 0.6) is 0 Å². The molecule has 17 heavy (non-hydrogen) atoms. The smallest absolute Gasteiger partial charge is 0.329 e. The molecular weight excluding hydrogens is 222 g/mol. The van der Waals surface area contributed by atoms with Gasteiger partial charge in [-0.1, -0.05) is 0 Å². The van der Waals surface area contributed by atoms with E-state index >= 15 is 0 Å². The Morgan fingerprint density at radius 3 is 2.65 bits per heavy atom. The van der Waals surface area contributed by atoms with E-state index in [-0.39, 0.29) is 12.7 Å². The highest BCUT2D eigenvalue weighted by atomic mass is 16.5. The zero-order chi connectivity index (χ0) is 12.5. The summed E-state index contributed by atoms with van der Waals surface area (Å²) in [6.07, 6.45) is 4.27. The number of hydrogen-bond acceptors (Lipinski definition) is 4. The van der Waals surface area contributed by atoms with Crippen molar-refractivity contribution in [3.8, 4) is 0 Å². The fourth-order valence-electron chi connectivity index (χ4n) is 2.07. The first-order valence-corrected chi connectivity index (χ1v) is 6.27. The van der Waals surface area contributed by atoms with Crippen molar-refractivity contribution < 1.29 is 19.4 Å². The molecule has 0 saturated carbocycles. The highest BCUT2D eigenvalue weighted by Crippen LogP contribution is 2.14. The van der Waals surface area contributed by atoms with Crippen LogP contribution in [0, 0.1) is 0 Å². The number of carboxylic acid groups (broad SMARTS) is 1. The van der Waals surface area contributed by atoms with Gasteiger partial charge in [-0.15, -0.1) is 0 Å². The van der Waals surface area contributed by atoms with Crippen molar-refractivity contribution in [2.45, 2.75) is 31.8 Å². The van der Waals surface area contributed by atoms with Gasteiger partial charge in [0.05, 0.1) is 6.10 Å². The van der Waals surface area contributed by atoms with E-state index in [1.807, 2.05) is 0 Å². The largest absolute Gasteiger partial charge is 0.480 e. The van der Waals surface area contributed by atoms with E-state index in [1.165, 1.54) is 0 Å². The first kappa shape index (κ1) is 14.4. The third-order valence-corrected chi connectivity index (χ3v) is 3.05. The van der Waals surface area contributed by atoms with Crippen LogP contribution in [0.1, 0.15) is 25.7 Å². The molecule has 1 rings (SSSR count). The summed E-state index contributed by atoms with van der Waals surface area (Å²) in [4.78, 5) is 12.8. The minimum atomic E-state index is -0.882. The number of rotatable bonds is 8. The van der Waals surface area contributed by atoms with Crippen molar-refractivity contribution in [2.75, 3.05) is 40.0 Å². The van der Waals surface area contributed by atoms with Gasteiger partial charge in [0.1, 0.15) is 6.61 Å². The van der Waals surface area contributed by atoms with Gasteiger partial charge in [-0.3, -0.25) is 0 Å². The Hall–Kier alpha value is -0.650. The van der Waals surface area contributed by atoms with Crippen LogP contribution in [0.2, 0.25) is 0 Å². The van der Waals surface area contributed by atoms with E-state index in [0.29, 0.717) is 0 Å². The topological polar surface area (TPSA) is 59.0 Å². The van der Waals surface area contributed by atoms with E-state index in [4.69, 9.17) is 14.6 Å². The summed E-state index contributed by atoms with van der Waals surface area (Å²) in [6, 6.07) is 0. The lowest BCUT2D eigenvalue weighted by atomic mass is 10.1. The normalized spacial score (nSPS) is 18.4. The number of hydrogen-bond donors (Lipinski definition) is 1. The van der Waals surface area contributed by atoms with Crippen molar-refractivity contribution in [3.05, 3.63) is 0 Å². The molecule has 0 amide bonds. The van der Waals surface area contributed by atoms with E-state index in [0.717, 1.165) is 51.9 Å². The second-order valence-electron chi connectivity index (χ2n) is 4.45. The van der Waals surface area contributed by atoms with E-state index in [1.54, 1.807) is 7.11 Å². The molecule has 1 N–H and O–H groups in total. The number of unbranched alkanes of at least 4 members (excludes halogenated alkanes) is 1. The Bertz CT molecular complexity index is 215. The monoisotopic (exact) mass is 245 g/mol. The van der Waals surface area contributed by atoms with Crippen LogP contribution in [0.3, 0.4) is 0 Å². The molecule has 1 fully saturated rings. The van der Waals surface area contributed by atoms with Gasteiger partial charge in [0.15, 0.2) is 0 Å². The second-order valence-corrected chi connectivity index (χ2v) is 4.45. The molecule has 1 saturated heterocycles. The second kappa shape index (κ2) is 8.44. The maximum Gasteiger partial charge on any atom is 0.329 e. The van der Waals surface area contributed by atoms with Crippen LogP contribution in [-0.4, -0.2) is 62.0 Å². The number of piperidine rings is 1. The van der Waals surface area contributed by atoms with Crippen LogP contribution in [0.4, 0.5) is 0 Å². The minimum Gasteiger partial charge on any atom is -0.480 e. The Labute approximate surface area is 103 Å². The Morgan fingerprint density at radius 1 is 1.35 bits per heavy atom. The summed E-state index contributed by atoms with van der Waals surface area (Å²) in [5.74, 6) is -0.882. The van der Waals surface area contributed by atoms with Gasteiger partial charge in [-0.05, 0) is 32.2 Å². The lowest BCUT2D eigenvalue weighted by Gasteiger charge is -2.31. The zero-order valence-electron chi connectivity index (χ0n) is 10.6. The zero-order valence-corrected chi connectivity index (χ0v) is 10.6. The first-order valence-electron chi connectivity index (χ1n) is 6.27. The molecule has 100 valence electrons. The van der Waals surface area contributed by atoms with Crippen LogP contribution < -0.4 is 0 Å². The number of aliphatic carboxylic acids is 1. The molecule has 1 aliphatic rings. The van der Waals surface area contributed by atoms with Gasteiger partial charge in [0.25, 0.3) is 0 Å². The van der Waals surface area contributed by atoms with Crippen LogP contribution in [-0.2, 0) is 14.3 Å². The molecule has 0 unspecified atom stereocenters. The fourth-order valence-corrected chi connectivity index (χ4v) is 2.07. The summed E-state index contributed by atoms with van der Waals surface area (Å²) in [5, 5.41) is 8.52. The lowest BCUT2D eigenvalue weighted by Crippen LogP contribution is -2.38. The molecular formula is C12H23NO4. The molecule has 5 heteroatoms. The van der Waals surface area contributed by atoms with Gasteiger partial charge >= 0.3 is 5.97 Å². The molecule has 0 aromatic carbocycles. The number of carbonyl (C=O) groups is 1. The van der Waals surface area contributed by atoms with E-state index < -0.39 is 5.97 Å². The Morgan fingerprint density at radius 2 is 2.06 bits per heavy atom. The van der Waals surface area contributed by atoms with Crippen molar-refractivity contribution in [1.82, 2.24) is 4.90 Å². The Balaban J connectivity index is 2.03. The maximum absolute atomic E-state index is 10.4. The molecule has 0 spiro atoms. The third-order valence-electron chi connectivity index (χ3n) is 3.05. The first-order chi connectivity index (χ1) is 8.22. The molecule has 0 aliphatic carbocycles. The van der Waals surface area contributed by atoms with E-state index in [9.17, 15) is 4.79 Å². The minimum absolute atomic E-state index is 0.126. The highest BCUT2D eigenvalue weighted by molar-refractivity contribution is 5.68. The molecule has 0 aromatic heterocycles. The molecule has 1 aliphatic heterocycles. The molecule has 5 nitrogen and oxygen atoms in total. The lowest BCUT2D eigenvalue weighted by molar-refractivity contribution is -0.145. The van der Waals surface area contributed by atoms with Gasteiger partial charge in [0, 0.05) is 26.8 Å². The average Bonchev–Trinajstić information content (AvgIpc) is 2.33. The van der Waals surface area contributed by atoms with Gasteiger partial charge in [-0.25, -0.2) is 4.79 Å². The molecule has 0 radical (unpaired) electrons. The Kier molecular flexibility index (Phi) is 7.16. The molecule has 0 bridgehead atoms. The van der Waals surface area contributed by atoms with Gasteiger partial charge in [-0.2, -0.15) is 0 Å². The molecule has 0 atom stereocenters. The predicted octanol–water partition coefficient (Wildman–Crippen LogP) is 0.979. The molecule has 0 aromatic rings. The highest BCUT2D eigenvalue weighted by Gasteiger charge is 2.19. The quantitative estimate of drug-likeness (QED) is 0.646. The van der Waals surface area contributed by atoms with Crippen LogP contribution in [0.25, 0.3) is 0 Å². The summed E-state index contributed by atoms with van der Waals surface area (Å²) < 4.78 is 10.3. The number of likely N-dealkylation sites (tertiary alicyclic amines) is 1. The van der Waals surface area contributed by atoms with E-state index in [2.05, 4.69) is 4.90 Å². The number of carboxylic acids is 1. The van der Waals surface area contributed by atoms with Crippen LogP contribution >= 0.6 is 0 Å². The van der Waals surface area contributed by atoms with Gasteiger partial charge < -0.3 is 19.5 Å². The van der Waals surface area contributed by atoms with Crippen molar-refractivity contribution >= 4 is 5.97 Å². The summed E-state index contributed by atoms with van der Waals surface area (Å²) in [5.41, 5.74) is 0. The van der Waals surface area contributed by atoms with Crippen LogP contribution in [0.15, 0.2) is 0 Å². The number of methoxy groups -OCH3 is 1. The molecule has 1 heterocycles. The fraction of sp³-hybridized carbons (Fsp3) is 0.917. The van der Waals surface area contributed by atoms with Crippen molar-refractivity contribution in [3.63, 3.8) is 0 Å². The average molecular weight is 245 g/mol. The summed E-state index contributed by atoms with van der Waals surface area (Å²) in [6.45, 7) is 3.79. The predicted molar refractivity (Wildman–Crippen MR) is 64.2 cm³/mol. The maximum atomic E-state index is 10.4. The number of nitrogens with zero attached hydrogens (tertiary/aromatic N) is 1. The SMILES string of the molecule is COCCCCN1CCC(OCC(=O)O)CC1. The van der Waals surface area contributed by atoms with Gasteiger partial charge in [0.2, 0.25) is 0 Å². The summed E-state index contributed by atoms with van der Waals surface area (Å²) >= 11 is 0. The summed E-state index contributed by atoms with van der Waals surface area (Å²) in [7, 11) is 1.73. The van der Waals surface area contributed by atoms with Crippen molar-refractivity contribution in [1.29, 1.82) is 0 Å². The van der Waals surface area contributed by atoms with Crippen molar-refractivity contribution in [2.24, 2.45) is 0 Å². The number of ether oxygens (including phenoxy) is 2. The third kappa shape index (κ3) is 6.61.